The Morgan fingerprint density at radius 1 is 1.24 bits per heavy atom. The van der Waals surface area contributed by atoms with E-state index in [0.29, 0.717) is 11.4 Å². The van der Waals surface area contributed by atoms with Gasteiger partial charge in [-0.05, 0) is 42.2 Å². The Morgan fingerprint density at radius 2 is 1.95 bits per heavy atom. The van der Waals surface area contributed by atoms with Crippen LogP contribution in [0.5, 0.6) is 0 Å². The molecule has 0 spiro atoms. The molecule has 0 saturated carbocycles. The van der Waals surface area contributed by atoms with E-state index in [1.54, 1.807) is 12.2 Å². The van der Waals surface area contributed by atoms with Crippen LogP contribution in [0.3, 0.4) is 0 Å². The predicted octanol–water partition coefficient (Wildman–Crippen LogP) is 6.07. The molecule has 2 heterocycles. The van der Waals surface area contributed by atoms with Crippen LogP contribution < -0.4 is 16.4 Å². The SMILES string of the molecule is CC(C)(C)CC1NC(C(=O)Nc2ccc(C(=O)O)s2)C(C2C=CC=C(Cl)C2F)C1(N)c1ccc(Cl)cc1F. The Morgan fingerprint density at radius 3 is 2.55 bits per heavy atom. The van der Waals surface area contributed by atoms with Gasteiger partial charge in [-0.1, -0.05) is 62.2 Å². The fraction of sp³-hybridized carbons (Fsp3) is 0.407. The zero-order valence-electron chi connectivity index (χ0n) is 21.0. The maximum atomic E-state index is 15.7. The molecule has 2 aromatic rings. The average molecular weight is 585 g/mol. The Bertz CT molecular complexity index is 1310. The fourth-order valence-electron chi connectivity index (χ4n) is 5.46. The number of allylic oxidation sites excluding steroid dienone is 4. The summed E-state index contributed by atoms with van der Waals surface area (Å²) < 4.78 is 31.2. The molecule has 11 heteroatoms. The number of nitrogens with two attached hydrogens (primary N) is 1. The molecule has 1 amide bonds. The zero-order valence-corrected chi connectivity index (χ0v) is 23.3. The number of carbonyl (C=O) groups excluding carboxylic acids is 1. The number of hydrogen-bond acceptors (Lipinski definition) is 5. The number of amides is 1. The molecule has 6 unspecified atom stereocenters. The minimum absolute atomic E-state index is 0.0424. The summed E-state index contributed by atoms with van der Waals surface area (Å²) in [5.41, 5.74) is 5.44. The second kappa shape index (κ2) is 10.7. The van der Waals surface area contributed by atoms with E-state index in [1.807, 2.05) is 20.8 Å². The van der Waals surface area contributed by atoms with Crippen LogP contribution in [0.1, 0.15) is 42.4 Å². The molecule has 1 aromatic carbocycles. The molecule has 1 aliphatic carbocycles. The third kappa shape index (κ3) is 5.53. The van der Waals surface area contributed by atoms with Crippen molar-refractivity contribution in [2.24, 2.45) is 23.0 Å². The number of nitrogens with one attached hydrogen (secondary N) is 2. The monoisotopic (exact) mass is 583 g/mol. The number of halogens is 4. The minimum Gasteiger partial charge on any atom is -0.477 e. The number of aromatic carboxylic acids is 1. The van der Waals surface area contributed by atoms with Gasteiger partial charge in [-0.2, -0.15) is 0 Å². The van der Waals surface area contributed by atoms with Crippen molar-refractivity contribution >= 4 is 51.4 Å². The molecule has 1 aromatic heterocycles. The van der Waals surface area contributed by atoms with Gasteiger partial charge in [0.15, 0.2) is 0 Å². The van der Waals surface area contributed by atoms with E-state index in [9.17, 15) is 14.7 Å². The minimum atomic E-state index is -1.67. The van der Waals surface area contributed by atoms with E-state index in [0.717, 1.165) is 17.4 Å². The highest BCUT2D eigenvalue weighted by atomic mass is 35.5. The lowest BCUT2D eigenvalue weighted by Gasteiger charge is -2.43. The first-order chi connectivity index (χ1) is 17.7. The van der Waals surface area contributed by atoms with E-state index in [2.05, 4.69) is 10.6 Å². The largest absolute Gasteiger partial charge is 0.477 e. The molecule has 0 radical (unpaired) electrons. The smallest absolute Gasteiger partial charge is 0.345 e. The van der Waals surface area contributed by atoms with Crippen molar-refractivity contribution in [3.05, 3.63) is 74.9 Å². The number of hydrogen-bond donors (Lipinski definition) is 4. The highest BCUT2D eigenvalue weighted by Gasteiger charge is 2.60. The predicted molar refractivity (Wildman–Crippen MR) is 147 cm³/mol. The third-order valence-corrected chi connectivity index (χ3v) is 8.59. The molecule has 5 N–H and O–H groups in total. The van der Waals surface area contributed by atoms with Crippen LogP contribution in [0.25, 0.3) is 0 Å². The maximum absolute atomic E-state index is 15.7. The van der Waals surface area contributed by atoms with Crippen molar-refractivity contribution < 1.29 is 23.5 Å². The molecule has 1 fully saturated rings. The standard InChI is InChI=1S/C27H29Cl2F2N3O3S/c1-26(2,3)12-19-27(32,15-8-7-13(28)11-17(15)30)21(14-5-4-6-16(29)22(14)31)23(33-19)24(35)34-20-10-9-18(38-20)25(36)37/h4-11,14,19,21-23,33H,12,32H2,1-3H3,(H,34,35)(H,36,37). The first-order valence-electron chi connectivity index (χ1n) is 12.0. The van der Waals surface area contributed by atoms with Crippen molar-refractivity contribution in [1.29, 1.82) is 0 Å². The van der Waals surface area contributed by atoms with Gasteiger partial charge < -0.3 is 21.5 Å². The first kappa shape index (κ1) is 28.7. The molecule has 1 aliphatic heterocycles. The van der Waals surface area contributed by atoms with Gasteiger partial charge >= 0.3 is 5.97 Å². The van der Waals surface area contributed by atoms with Crippen LogP contribution in [0.2, 0.25) is 5.02 Å². The van der Waals surface area contributed by atoms with Gasteiger partial charge in [0, 0.05) is 28.5 Å². The van der Waals surface area contributed by atoms with Crippen LogP contribution in [-0.4, -0.2) is 35.2 Å². The van der Waals surface area contributed by atoms with Crippen LogP contribution in [0.15, 0.2) is 53.6 Å². The molecule has 4 rings (SSSR count). The molecular formula is C27H29Cl2F2N3O3S. The number of anilines is 1. The highest BCUT2D eigenvalue weighted by molar-refractivity contribution is 7.18. The number of carboxylic acid groups (broad SMARTS) is 1. The first-order valence-corrected chi connectivity index (χ1v) is 13.6. The molecule has 1 saturated heterocycles. The highest BCUT2D eigenvalue weighted by Crippen LogP contribution is 2.50. The quantitative estimate of drug-likeness (QED) is 0.330. The molecule has 38 heavy (non-hydrogen) atoms. The zero-order chi connectivity index (χ0) is 28.0. The number of rotatable bonds is 6. The Kier molecular flexibility index (Phi) is 8.08. The lowest BCUT2D eigenvalue weighted by molar-refractivity contribution is -0.119. The molecule has 6 nitrogen and oxygen atoms in total. The van der Waals surface area contributed by atoms with Gasteiger partial charge in [-0.15, -0.1) is 11.3 Å². The summed E-state index contributed by atoms with van der Waals surface area (Å²) >= 11 is 13.1. The summed E-state index contributed by atoms with van der Waals surface area (Å²) in [4.78, 5) is 25.1. The lowest BCUT2D eigenvalue weighted by atomic mass is 9.65. The van der Waals surface area contributed by atoms with Crippen molar-refractivity contribution in [3.8, 4) is 0 Å². The molecular weight excluding hydrogens is 555 g/mol. The number of carbonyl (C=O) groups is 2. The number of alkyl halides is 1. The summed E-state index contributed by atoms with van der Waals surface area (Å²) in [6.45, 7) is 5.98. The summed E-state index contributed by atoms with van der Waals surface area (Å²) in [5.74, 6) is -4.25. The van der Waals surface area contributed by atoms with E-state index < -0.39 is 53.3 Å². The van der Waals surface area contributed by atoms with Gasteiger partial charge in [-0.25, -0.2) is 13.6 Å². The van der Waals surface area contributed by atoms with Gasteiger partial charge in [0.25, 0.3) is 0 Å². The van der Waals surface area contributed by atoms with Gasteiger partial charge in [0.05, 0.1) is 21.6 Å². The molecule has 204 valence electrons. The van der Waals surface area contributed by atoms with E-state index in [-0.39, 0.29) is 25.9 Å². The number of thiophene rings is 1. The van der Waals surface area contributed by atoms with Crippen LogP contribution in [-0.2, 0) is 10.3 Å². The summed E-state index contributed by atoms with van der Waals surface area (Å²) in [7, 11) is 0. The summed E-state index contributed by atoms with van der Waals surface area (Å²) in [6, 6.07) is 5.32. The number of benzene rings is 1. The number of carboxylic acids is 1. The van der Waals surface area contributed by atoms with Gasteiger partial charge in [0.1, 0.15) is 16.9 Å². The molecule has 2 aliphatic rings. The van der Waals surface area contributed by atoms with Crippen LogP contribution >= 0.6 is 34.5 Å². The van der Waals surface area contributed by atoms with Gasteiger partial charge in [-0.3, -0.25) is 4.79 Å². The van der Waals surface area contributed by atoms with Crippen molar-refractivity contribution in [3.63, 3.8) is 0 Å². The van der Waals surface area contributed by atoms with Crippen molar-refractivity contribution in [2.75, 3.05) is 5.32 Å². The Balaban J connectivity index is 1.84. The fourth-order valence-corrected chi connectivity index (χ4v) is 6.59. The lowest BCUT2D eigenvalue weighted by Crippen LogP contribution is -2.56. The third-order valence-electron chi connectivity index (χ3n) is 7.03. The van der Waals surface area contributed by atoms with E-state index in [4.69, 9.17) is 28.9 Å². The summed E-state index contributed by atoms with van der Waals surface area (Å²) in [6.07, 6.45) is 3.41. The van der Waals surface area contributed by atoms with Crippen LogP contribution in [0, 0.1) is 23.1 Å². The van der Waals surface area contributed by atoms with E-state index in [1.165, 1.54) is 30.3 Å². The van der Waals surface area contributed by atoms with Gasteiger partial charge in [0.2, 0.25) is 5.91 Å². The second-order valence-electron chi connectivity index (χ2n) is 10.9. The van der Waals surface area contributed by atoms with E-state index >= 15 is 8.78 Å². The molecule has 6 atom stereocenters. The summed E-state index contributed by atoms with van der Waals surface area (Å²) in [5, 5.41) is 15.7. The maximum Gasteiger partial charge on any atom is 0.345 e. The van der Waals surface area contributed by atoms with Crippen molar-refractivity contribution in [1.82, 2.24) is 5.32 Å². The second-order valence-corrected chi connectivity index (χ2v) is 12.9. The molecule has 0 bridgehead atoms. The normalized spacial score (nSPS) is 29.3. The Hall–Kier alpha value is -2.30. The van der Waals surface area contributed by atoms with Crippen LogP contribution in [0.4, 0.5) is 13.8 Å². The van der Waals surface area contributed by atoms with Crippen molar-refractivity contribution in [2.45, 2.75) is 51.0 Å². The topological polar surface area (TPSA) is 104 Å². The Labute approximate surface area is 233 Å². The average Bonchev–Trinajstić information content (AvgIpc) is 3.38.